The summed E-state index contributed by atoms with van der Waals surface area (Å²) < 4.78 is 5.24. The first-order valence-electron chi connectivity index (χ1n) is 4.96. The molecule has 0 aromatic heterocycles. The molecule has 1 rings (SSSR count). The van der Waals surface area contributed by atoms with Gasteiger partial charge in [-0.05, 0) is 19.1 Å². The van der Waals surface area contributed by atoms with Crippen molar-refractivity contribution in [1.29, 1.82) is 0 Å². The fourth-order valence-corrected chi connectivity index (χ4v) is 1.41. The molecule has 0 saturated heterocycles. The molecule has 1 atom stereocenters. The van der Waals surface area contributed by atoms with Crippen molar-refractivity contribution in [3.63, 3.8) is 0 Å². The zero-order chi connectivity index (χ0) is 13.7. The Morgan fingerprint density at radius 1 is 1.50 bits per heavy atom. The molecule has 0 fully saturated rings. The highest BCUT2D eigenvalue weighted by Gasteiger charge is 2.18. The van der Waals surface area contributed by atoms with E-state index in [-0.39, 0.29) is 16.3 Å². The van der Waals surface area contributed by atoms with E-state index in [0.29, 0.717) is 6.29 Å². The first-order valence-corrected chi connectivity index (χ1v) is 5.34. The number of nitrogens with one attached hydrogen (secondary N) is 1. The Labute approximate surface area is 108 Å². The molecule has 6 nitrogen and oxygen atoms in total. The number of imide groups is 1. The van der Waals surface area contributed by atoms with Crippen molar-refractivity contribution in [2.45, 2.75) is 13.0 Å². The Morgan fingerprint density at radius 2 is 2.17 bits per heavy atom. The third-order valence-electron chi connectivity index (χ3n) is 2.05. The topological polar surface area (TPSA) is 98.5 Å². The maximum absolute atomic E-state index is 11.4. The highest BCUT2D eigenvalue weighted by atomic mass is 35.5. The second-order valence-electron chi connectivity index (χ2n) is 3.38. The van der Waals surface area contributed by atoms with Crippen LogP contribution in [0.15, 0.2) is 18.2 Å². The van der Waals surface area contributed by atoms with Crippen molar-refractivity contribution < 1.29 is 19.1 Å². The summed E-state index contributed by atoms with van der Waals surface area (Å²) in [5, 5.41) is 2.08. The highest BCUT2D eigenvalue weighted by molar-refractivity contribution is 6.33. The lowest BCUT2D eigenvalue weighted by Crippen LogP contribution is -2.42. The second kappa shape index (κ2) is 6.02. The van der Waals surface area contributed by atoms with Crippen LogP contribution in [0.1, 0.15) is 17.3 Å². The Kier molecular flexibility index (Phi) is 4.67. The number of nitrogens with two attached hydrogens (primary N) is 1. The van der Waals surface area contributed by atoms with Crippen molar-refractivity contribution in [1.82, 2.24) is 5.32 Å². The smallest absolute Gasteiger partial charge is 0.318 e. The monoisotopic (exact) mass is 270 g/mol. The van der Waals surface area contributed by atoms with Crippen molar-refractivity contribution >= 4 is 29.8 Å². The van der Waals surface area contributed by atoms with Gasteiger partial charge in [0.05, 0.1) is 10.6 Å². The number of primary amides is 1. The van der Waals surface area contributed by atoms with Gasteiger partial charge in [-0.2, -0.15) is 0 Å². The average molecular weight is 271 g/mol. The number of urea groups is 1. The first-order chi connectivity index (χ1) is 8.45. The van der Waals surface area contributed by atoms with Gasteiger partial charge in [-0.25, -0.2) is 4.79 Å². The molecule has 0 bridgehead atoms. The van der Waals surface area contributed by atoms with Gasteiger partial charge in [0.2, 0.25) is 0 Å². The summed E-state index contributed by atoms with van der Waals surface area (Å²) in [5.74, 6) is -0.552. The summed E-state index contributed by atoms with van der Waals surface area (Å²) in [6.45, 7) is 1.41. The molecule has 0 saturated carbocycles. The molecule has 0 aliphatic carbocycles. The predicted octanol–water partition coefficient (Wildman–Crippen LogP) is 1.11. The zero-order valence-electron chi connectivity index (χ0n) is 9.48. The van der Waals surface area contributed by atoms with Gasteiger partial charge in [-0.1, -0.05) is 17.7 Å². The molecule has 3 amide bonds. The number of carbonyl (C=O) groups excluding carboxylic acids is 3. The molecule has 0 heterocycles. The first kappa shape index (κ1) is 14.0. The molecular weight excluding hydrogens is 260 g/mol. The number of carbonyl (C=O) groups is 3. The van der Waals surface area contributed by atoms with Crippen LogP contribution in [0.3, 0.4) is 0 Å². The highest BCUT2D eigenvalue weighted by Crippen LogP contribution is 2.25. The third kappa shape index (κ3) is 3.46. The molecule has 96 valence electrons. The molecule has 0 aliphatic rings. The normalized spacial score (nSPS) is 11.4. The van der Waals surface area contributed by atoms with Crippen molar-refractivity contribution in [3.8, 4) is 5.75 Å². The van der Waals surface area contributed by atoms with Crippen molar-refractivity contribution in [2.24, 2.45) is 5.73 Å². The third-order valence-corrected chi connectivity index (χ3v) is 2.38. The van der Waals surface area contributed by atoms with E-state index in [9.17, 15) is 14.4 Å². The number of benzene rings is 1. The Balaban J connectivity index is 2.85. The van der Waals surface area contributed by atoms with Gasteiger partial charge in [-0.3, -0.25) is 14.9 Å². The van der Waals surface area contributed by atoms with Gasteiger partial charge in [0, 0.05) is 0 Å². The van der Waals surface area contributed by atoms with E-state index >= 15 is 0 Å². The van der Waals surface area contributed by atoms with Crippen LogP contribution in [0.2, 0.25) is 5.02 Å². The molecule has 0 spiro atoms. The standard InChI is InChI=1S/C11H11ClN2O4/c1-6(10(16)14-11(13)17)18-9-4-2-3-8(12)7(9)5-15/h2-6H,1H3,(H3,13,14,16,17). The molecular formula is C11H11ClN2O4. The maximum atomic E-state index is 11.4. The zero-order valence-corrected chi connectivity index (χ0v) is 10.2. The van der Waals surface area contributed by atoms with Crippen LogP contribution in [0.5, 0.6) is 5.75 Å². The van der Waals surface area contributed by atoms with Crippen LogP contribution < -0.4 is 15.8 Å². The predicted molar refractivity (Wildman–Crippen MR) is 64.7 cm³/mol. The largest absolute Gasteiger partial charge is 0.480 e. The van der Waals surface area contributed by atoms with E-state index < -0.39 is 18.0 Å². The van der Waals surface area contributed by atoms with Gasteiger partial charge in [0.1, 0.15) is 5.75 Å². The van der Waals surface area contributed by atoms with Gasteiger partial charge >= 0.3 is 6.03 Å². The molecule has 1 unspecified atom stereocenters. The Morgan fingerprint density at radius 3 is 2.72 bits per heavy atom. The number of rotatable bonds is 4. The second-order valence-corrected chi connectivity index (χ2v) is 3.79. The quantitative estimate of drug-likeness (QED) is 0.801. The summed E-state index contributed by atoms with van der Waals surface area (Å²) in [4.78, 5) is 32.7. The van der Waals surface area contributed by atoms with E-state index in [1.54, 1.807) is 6.07 Å². The van der Waals surface area contributed by atoms with Crippen LogP contribution >= 0.6 is 11.6 Å². The van der Waals surface area contributed by atoms with E-state index in [2.05, 4.69) is 0 Å². The Hall–Kier alpha value is -2.08. The molecule has 3 N–H and O–H groups in total. The summed E-state index contributed by atoms with van der Waals surface area (Å²) in [7, 11) is 0. The molecule has 0 radical (unpaired) electrons. The van der Waals surface area contributed by atoms with E-state index in [1.807, 2.05) is 5.32 Å². The fourth-order valence-electron chi connectivity index (χ4n) is 1.20. The maximum Gasteiger partial charge on any atom is 0.318 e. The number of hydrogen-bond donors (Lipinski definition) is 2. The number of halogens is 1. The van der Waals surface area contributed by atoms with Gasteiger partial charge < -0.3 is 10.5 Å². The Bertz CT molecular complexity index is 490. The lowest BCUT2D eigenvalue weighted by Gasteiger charge is -2.15. The van der Waals surface area contributed by atoms with Crippen LogP contribution in [-0.2, 0) is 4.79 Å². The number of ether oxygens (including phenoxy) is 1. The minimum Gasteiger partial charge on any atom is -0.480 e. The lowest BCUT2D eigenvalue weighted by atomic mass is 10.2. The summed E-state index contributed by atoms with van der Waals surface area (Å²) in [5.41, 5.74) is 4.94. The SMILES string of the molecule is CC(Oc1cccc(Cl)c1C=O)C(=O)NC(N)=O. The minimum atomic E-state index is -0.991. The van der Waals surface area contributed by atoms with Crippen LogP contribution in [0, 0.1) is 0 Å². The van der Waals surface area contributed by atoms with Crippen LogP contribution in [0.25, 0.3) is 0 Å². The summed E-state index contributed by atoms with van der Waals surface area (Å²) in [6.07, 6.45) is -0.467. The molecule has 18 heavy (non-hydrogen) atoms. The number of hydrogen-bond acceptors (Lipinski definition) is 4. The molecule has 1 aromatic rings. The van der Waals surface area contributed by atoms with Gasteiger partial charge in [0.15, 0.2) is 12.4 Å². The van der Waals surface area contributed by atoms with Crippen molar-refractivity contribution in [2.75, 3.05) is 0 Å². The van der Waals surface area contributed by atoms with Gasteiger partial charge in [-0.15, -0.1) is 0 Å². The molecule has 1 aromatic carbocycles. The lowest BCUT2D eigenvalue weighted by molar-refractivity contribution is -0.126. The van der Waals surface area contributed by atoms with E-state index in [1.165, 1.54) is 19.1 Å². The van der Waals surface area contributed by atoms with Crippen LogP contribution in [-0.4, -0.2) is 24.3 Å². The molecule has 7 heteroatoms. The summed E-state index contributed by atoms with van der Waals surface area (Å²) >= 11 is 5.79. The molecule has 0 aliphatic heterocycles. The van der Waals surface area contributed by atoms with Gasteiger partial charge in [0.25, 0.3) is 5.91 Å². The number of aldehydes is 1. The fraction of sp³-hybridized carbons (Fsp3) is 0.182. The van der Waals surface area contributed by atoms with Crippen LogP contribution in [0.4, 0.5) is 4.79 Å². The summed E-state index contributed by atoms with van der Waals surface area (Å²) in [6, 6.07) is 3.61. The van der Waals surface area contributed by atoms with Crippen molar-refractivity contribution in [3.05, 3.63) is 28.8 Å². The van der Waals surface area contributed by atoms with E-state index in [4.69, 9.17) is 22.1 Å². The van der Waals surface area contributed by atoms with E-state index in [0.717, 1.165) is 0 Å². The average Bonchev–Trinajstić information content (AvgIpc) is 2.28. The number of amides is 3. The minimum absolute atomic E-state index is 0.137.